The van der Waals surface area contributed by atoms with Crippen LogP contribution in [0.2, 0.25) is 0 Å². The number of alkyl halides is 3. The summed E-state index contributed by atoms with van der Waals surface area (Å²) in [7, 11) is 0. The Kier molecular flexibility index (Phi) is 5.75. The number of nitrogens with two attached hydrogens (primary N) is 1. The van der Waals surface area contributed by atoms with Crippen molar-refractivity contribution in [1.29, 1.82) is 0 Å². The maximum atomic E-state index is 11.9. The number of amides is 1. The Morgan fingerprint density at radius 1 is 1.30 bits per heavy atom. The molecule has 4 nitrogen and oxygen atoms in total. The summed E-state index contributed by atoms with van der Waals surface area (Å²) in [6.45, 7) is -0.823. The lowest BCUT2D eigenvalue weighted by Crippen LogP contribution is -2.31. The Hall–Kier alpha value is -1.83. The van der Waals surface area contributed by atoms with E-state index < -0.39 is 25.0 Å². The van der Waals surface area contributed by atoms with E-state index in [1.807, 2.05) is 0 Å². The highest BCUT2D eigenvalue weighted by Gasteiger charge is 2.26. The summed E-state index contributed by atoms with van der Waals surface area (Å²) < 4.78 is 40.7. The Morgan fingerprint density at radius 3 is 2.40 bits per heavy atom. The van der Waals surface area contributed by atoms with Gasteiger partial charge in [0.25, 0.3) is 5.91 Å². The van der Waals surface area contributed by atoms with E-state index in [4.69, 9.17) is 22.7 Å². The second-order valence-corrected chi connectivity index (χ2v) is 4.33. The van der Waals surface area contributed by atoms with Crippen molar-refractivity contribution in [1.82, 2.24) is 5.32 Å². The van der Waals surface area contributed by atoms with Crippen LogP contribution in [0.4, 0.5) is 13.2 Å². The largest absolute Gasteiger partial charge is 0.484 e. The average Bonchev–Trinajstić information content (AvgIpc) is 2.35. The van der Waals surface area contributed by atoms with Crippen LogP contribution in [0.3, 0.4) is 0 Å². The number of benzene rings is 1. The quantitative estimate of drug-likeness (QED) is 0.786. The standard InChI is InChI=1S/C12H13F3N2O2S/c13-12(14,15)5-6-17-10(18)7-19-9-3-1-8(2-4-9)11(16)20/h1-4H,5-7H2,(H2,16,20)(H,17,18). The third-order valence-electron chi connectivity index (χ3n) is 2.24. The fraction of sp³-hybridized carbons (Fsp3) is 0.333. The molecule has 0 aliphatic carbocycles. The van der Waals surface area contributed by atoms with Crippen LogP contribution in [-0.2, 0) is 4.79 Å². The highest BCUT2D eigenvalue weighted by atomic mass is 32.1. The molecule has 1 aromatic carbocycles. The molecule has 0 spiro atoms. The minimum absolute atomic E-state index is 0.237. The van der Waals surface area contributed by atoms with Gasteiger partial charge in [0.15, 0.2) is 6.61 Å². The number of nitrogens with one attached hydrogen (secondary N) is 1. The van der Waals surface area contributed by atoms with Gasteiger partial charge in [0.05, 0.1) is 6.42 Å². The summed E-state index contributed by atoms with van der Waals surface area (Å²) in [5.41, 5.74) is 6.07. The van der Waals surface area contributed by atoms with Crippen molar-refractivity contribution in [3.8, 4) is 5.75 Å². The van der Waals surface area contributed by atoms with Gasteiger partial charge in [-0.05, 0) is 24.3 Å². The van der Waals surface area contributed by atoms with Crippen molar-refractivity contribution in [3.05, 3.63) is 29.8 Å². The molecule has 0 atom stereocenters. The molecule has 8 heteroatoms. The van der Waals surface area contributed by atoms with Gasteiger partial charge in [-0.15, -0.1) is 0 Å². The van der Waals surface area contributed by atoms with Crippen LogP contribution >= 0.6 is 12.2 Å². The number of carbonyl (C=O) groups excluding carboxylic acids is 1. The molecule has 3 N–H and O–H groups in total. The van der Waals surface area contributed by atoms with Crippen molar-refractivity contribution in [3.63, 3.8) is 0 Å². The molecule has 0 unspecified atom stereocenters. The average molecular weight is 306 g/mol. The first-order valence-electron chi connectivity index (χ1n) is 5.64. The molecular formula is C12H13F3N2O2S. The maximum Gasteiger partial charge on any atom is 0.390 e. The van der Waals surface area contributed by atoms with Crippen molar-refractivity contribution in [2.24, 2.45) is 5.73 Å². The smallest absolute Gasteiger partial charge is 0.390 e. The minimum atomic E-state index is -4.29. The van der Waals surface area contributed by atoms with Crippen LogP contribution in [0, 0.1) is 0 Å². The van der Waals surface area contributed by atoms with Gasteiger partial charge in [0.1, 0.15) is 10.7 Å². The minimum Gasteiger partial charge on any atom is -0.484 e. The van der Waals surface area contributed by atoms with E-state index in [9.17, 15) is 18.0 Å². The molecule has 1 rings (SSSR count). The highest BCUT2D eigenvalue weighted by Crippen LogP contribution is 2.18. The summed E-state index contributed by atoms with van der Waals surface area (Å²) >= 11 is 4.77. The van der Waals surface area contributed by atoms with Crippen molar-refractivity contribution in [2.75, 3.05) is 13.2 Å². The van der Waals surface area contributed by atoms with E-state index in [2.05, 4.69) is 5.32 Å². The van der Waals surface area contributed by atoms with Crippen LogP contribution in [0.25, 0.3) is 0 Å². The van der Waals surface area contributed by atoms with Gasteiger partial charge < -0.3 is 15.8 Å². The molecule has 0 saturated carbocycles. The van der Waals surface area contributed by atoms with Gasteiger partial charge in [-0.3, -0.25) is 4.79 Å². The summed E-state index contributed by atoms with van der Waals surface area (Å²) in [5.74, 6) is -0.219. The Labute approximate surface area is 119 Å². The van der Waals surface area contributed by atoms with Crippen molar-refractivity contribution in [2.45, 2.75) is 12.6 Å². The van der Waals surface area contributed by atoms with Gasteiger partial charge >= 0.3 is 6.18 Å². The van der Waals surface area contributed by atoms with Gasteiger partial charge in [-0.1, -0.05) is 12.2 Å². The van der Waals surface area contributed by atoms with Crippen LogP contribution in [0.1, 0.15) is 12.0 Å². The van der Waals surface area contributed by atoms with Crippen LogP contribution in [-0.4, -0.2) is 30.2 Å². The Bertz CT molecular complexity index is 475. The van der Waals surface area contributed by atoms with Gasteiger partial charge in [0.2, 0.25) is 0 Å². The fourth-order valence-electron chi connectivity index (χ4n) is 1.26. The topological polar surface area (TPSA) is 64.3 Å². The molecule has 0 bridgehead atoms. The lowest BCUT2D eigenvalue weighted by Gasteiger charge is -2.09. The van der Waals surface area contributed by atoms with Gasteiger partial charge in [0, 0.05) is 12.1 Å². The number of hydrogen-bond donors (Lipinski definition) is 2. The fourth-order valence-corrected chi connectivity index (χ4v) is 1.40. The van der Waals surface area contributed by atoms with Crippen LogP contribution in [0.5, 0.6) is 5.75 Å². The number of carbonyl (C=O) groups is 1. The number of halogens is 3. The third kappa shape index (κ3) is 6.37. The van der Waals surface area contributed by atoms with Gasteiger partial charge in [-0.25, -0.2) is 0 Å². The van der Waals surface area contributed by atoms with E-state index in [0.29, 0.717) is 11.3 Å². The van der Waals surface area contributed by atoms with E-state index >= 15 is 0 Å². The van der Waals surface area contributed by atoms with E-state index in [0.717, 1.165) is 0 Å². The second-order valence-electron chi connectivity index (χ2n) is 3.89. The molecular weight excluding hydrogens is 293 g/mol. The first-order valence-corrected chi connectivity index (χ1v) is 6.05. The summed E-state index contributed by atoms with van der Waals surface area (Å²) in [6.07, 6.45) is -5.36. The summed E-state index contributed by atoms with van der Waals surface area (Å²) in [4.78, 5) is 11.5. The number of rotatable bonds is 6. The zero-order chi connectivity index (χ0) is 15.2. The molecule has 1 amide bonds. The number of ether oxygens (including phenoxy) is 1. The molecule has 0 radical (unpaired) electrons. The van der Waals surface area contributed by atoms with Crippen molar-refractivity contribution >= 4 is 23.1 Å². The monoisotopic (exact) mass is 306 g/mol. The number of hydrogen-bond acceptors (Lipinski definition) is 3. The maximum absolute atomic E-state index is 11.9. The molecule has 0 saturated heterocycles. The first-order chi connectivity index (χ1) is 9.28. The molecule has 20 heavy (non-hydrogen) atoms. The lowest BCUT2D eigenvalue weighted by molar-refractivity contribution is -0.136. The van der Waals surface area contributed by atoms with Crippen molar-refractivity contribution < 1.29 is 22.7 Å². The van der Waals surface area contributed by atoms with Crippen LogP contribution in [0.15, 0.2) is 24.3 Å². The molecule has 1 aromatic rings. The molecule has 0 fully saturated rings. The second kappa shape index (κ2) is 7.09. The Morgan fingerprint density at radius 2 is 1.90 bits per heavy atom. The zero-order valence-electron chi connectivity index (χ0n) is 10.4. The summed E-state index contributed by atoms with van der Waals surface area (Å²) in [5, 5.41) is 2.11. The van der Waals surface area contributed by atoms with E-state index in [-0.39, 0.29) is 11.6 Å². The predicted octanol–water partition coefficient (Wildman–Crippen LogP) is 1.77. The molecule has 110 valence electrons. The summed E-state index contributed by atoms with van der Waals surface area (Å²) in [6, 6.07) is 6.38. The SMILES string of the molecule is NC(=S)c1ccc(OCC(=O)NCCC(F)(F)F)cc1. The van der Waals surface area contributed by atoms with E-state index in [1.54, 1.807) is 24.3 Å². The molecule has 0 aliphatic heterocycles. The number of thiocarbonyl (C=S) groups is 1. The molecule has 0 heterocycles. The van der Waals surface area contributed by atoms with E-state index in [1.165, 1.54) is 0 Å². The Balaban J connectivity index is 2.32. The predicted molar refractivity (Wildman–Crippen MR) is 71.5 cm³/mol. The third-order valence-corrected chi connectivity index (χ3v) is 2.48. The highest BCUT2D eigenvalue weighted by molar-refractivity contribution is 7.80. The first kappa shape index (κ1) is 16.2. The molecule has 0 aliphatic rings. The lowest BCUT2D eigenvalue weighted by atomic mass is 10.2. The molecule has 0 aromatic heterocycles. The van der Waals surface area contributed by atoms with Gasteiger partial charge in [-0.2, -0.15) is 13.2 Å². The normalized spacial score (nSPS) is 10.9. The van der Waals surface area contributed by atoms with Crippen LogP contribution < -0.4 is 15.8 Å². The zero-order valence-corrected chi connectivity index (χ0v) is 11.2.